The van der Waals surface area contributed by atoms with Crippen LogP contribution in [-0.4, -0.2) is 29.8 Å². The van der Waals surface area contributed by atoms with Crippen LogP contribution in [0.25, 0.3) is 6.08 Å². The maximum Gasteiger partial charge on any atom is 0.293 e. The fraction of sp³-hybridized carbons (Fsp3) is 0.238. The largest absolute Gasteiger partial charge is 0.493 e. The third-order valence-electron chi connectivity index (χ3n) is 4.13. The van der Waals surface area contributed by atoms with Crippen molar-refractivity contribution in [2.45, 2.75) is 20.4 Å². The molecular weight excluding hydrogens is 398 g/mol. The number of amides is 2. The van der Waals surface area contributed by atoms with Crippen LogP contribution < -0.4 is 9.47 Å². The molecule has 1 fully saturated rings. The van der Waals surface area contributed by atoms with Gasteiger partial charge in [-0.25, -0.2) is 0 Å². The molecule has 3 rings (SSSR count). The van der Waals surface area contributed by atoms with E-state index in [9.17, 15) is 9.59 Å². The molecule has 0 radical (unpaired) electrons. The Balaban J connectivity index is 1.86. The average molecular weight is 418 g/mol. The van der Waals surface area contributed by atoms with Gasteiger partial charge < -0.3 is 9.47 Å². The molecule has 28 heavy (non-hydrogen) atoms. The Bertz CT molecular complexity index is 957. The van der Waals surface area contributed by atoms with Crippen LogP contribution in [0.5, 0.6) is 11.5 Å². The third kappa shape index (κ3) is 4.34. The van der Waals surface area contributed by atoms with Crippen molar-refractivity contribution in [3.8, 4) is 11.5 Å². The molecule has 2 aromatic carbocycles. The number of benzene rings is 2. The van der Waals surface area contributed by atoms with E-state index in [1.165, 1.54) is 12.0 Å². The van der Waals surface area contributed by atoms with Gasteiger partial charge in [-0.15, -0.1) is 0 Å². The van der Waals surface area contributed by atoms with Gasteiger partial charge in [0.05, 0.1) is 30.2 Å². The minimum atomic E-state index is -0.319. The van der Waals surface area contributed by atoms with Crippen molar-refractivity contribution in [1.82, 2.24) is 4.90 Å². The number of nitrogens with zero attached hydrogens (tertiary/aromatic N) is 1. The predicted molar refractivity (Wildman–Crippen MR) is 112 cm³/mol. The van der Waals surface area contributed by atoms with Crippen LogP contribution in [0.2, 0.25) is 5.02 Å². The zero-order chi connectivity index (χ0) is 20.3. The molecule has 1 saturated heterocycles. The number of hydrogen-bond acceptors (Lipinski definition) is 5. The molecule has 0 unspecified atom stereocenters. The van der Waals surface area contributed by atoms with E-state index >= 15 is 0 Å². The SMILES string of the molecule is CCOc1c(Cl)cc(/C=C2\SC(=O)N(Cc3cccc(C)c3)C2=O)cc1OC. The van der Waals surface area contributed by atoms with Crippen molar-refractivity contribution in [2.24, 2.45) is 0 Å². The molecule has 0 N–H and O–H groups in total. The highest BCUT2D eigenvalue weighted by Gasteiger charge is 2.35. The second-order valence-corrected chi connectivity index (χ2v) is 7.62. The minimum Gasteiger partial charge on any atom is -0.493 e. The maximum atomic E-state index is 12.7. The lowest BCUT2D eigenvalue weighted by molar-refractivity contribution is -0.123. The summed E-state index contributed by atoms with van der Waals surface area (Å²) in [6.07, 6.45) is 1.64. The van der Waals surface area contributed by atoms with Crippen molar-refractivity contribution in [2.75, 3.05) is 13.7 Å². The molecule has 0 bridgehead atoms. The number of methoxy groups -OCH3 is 1. The van der Waals surface area contributed by atoms with Crippen LogP contribution in [0.15, 0.2) is 41.3 Å². The zero-order valence-electron chi connectivity index (χ0n) is 15.8. The summed E-state index contributed by atoms with van der Waals surface area (Å²) in [5, 5.41) is 0.0909. The number of aryl methyl sites for hydroxylation is 1. The van der Waals surface area contributed by atoms with Crippen LogP contribution in [-0.2, 0) is 11.3 Å². The molecule has 146 valence electrons. The first-order chi connectivity index (χ1) is 13.4. The molecule has 5 nitrogen and oxygen atoms in total. The second kappa shape index (κ2) is 8.71. The van der Waals surface area contributed by atoms with Crippen molar-refractivity contribution in [3.05, 3.63) is 63.0 Å². The first-order valence-electron chi connectivity index (χ1n) is 8.74. The topological polar surface area (TPSA) is 55.8 Å². The Hall–Kier alpha value is -2.44. The number of imide groups is 1. The lowest BCUT2D eigenvalue weighted by Gasteiger charge is -2.13. The molecule has 1 heterocycles. The Morgan fingerprint density at radius 2 is 2.00 bits per heavy atom. The summed E-state index contributed by atoms with van der Waals surface area (Å²) < 4.78 is 10.8. The van der Waals surface area contributed by atoms with E-state index in [4.69, 9.17) is 21.1 Å². The van der Waals surface area contributed by atoms with Crippen LogP contribution in [0.3, 0.4) is 0 Å². The van der Waals surface area contributed by atoms with Crippen molar-refractivity contribution in [1.29, 1.82) is 0 Å². The Kier molecular flexibility index (Phi) is 6.31. The summed E-state index contributed by atoms with van der Waals surface area (Å²) in [5.74, 6) is 0.608. The monoisotopic (exact) mass is 417 g/mol. The minimum absolute atomic E-state index is 0.247. The number of carbonyl (C=O) groups excluding carboxylic acids is 2. The first kappa shape index (κ1) is 20.3. The van der Waals surface area contributed by atoms with Gasteiger partial charge in [-0.2, -0.15) is 0 Å². The van der Waals surface area contributed by atoms with Gasteiger partial charge in [0, 0.05) is 0 Å². The van der Waals surface area contributed by atoms with Gasteiger partial charge in [-0.05, 0) is 54.9 Å². The van der Waals surface area contributed by atoms with Gasteiger partial charge >= 0.3 is 0 Å². The van der Waals surface area contributed by atoms with E-state index in [1.54, 1.807) is 18.2 Å². The highest BCUT2D eigenvalue weighted by atomic mass is 35.5. The highest BCUT2D eigenvalue weighted by Crippen LogP contribution is 2.39. The third-order valence-corrected chi connectivity index (χ3v) is 5.32. The number of thioether (sulfide) groups is 1. The lowest BCUT2D eigenvalue weighted by atomic mass is 10.1. The number of halogens is 1. The van der Waals surface area contributed by atoms with Gasteiger partial charge in [0.15, 0.2) is 11.5 Å². The van der Waals surface area contributed by atoms with Crippen molar-refractivity contribution >= 4 is 40.6 Å². The molecule has 0 atom stereocenters. The molecule has 2 amide bonds. The Morgan fingerprint density at radius 1 is 1.21 bits per heavy atom. The van der Waals surface area contributed by atoms with E-state index in [0.29, 0.717) is 33.6 Å². The lowest BCUT2D eigenvalue weighted by Crippen LogP contribution is -2.27. The van der Waals surface area contributed by atoms with Gasteiger partial charge in [-0.1, -0.05) is 41.4 Å². The fourth-order valence-electron chi connectivity index (χ4n) is 2.89. The Morgan fingerprint density at radius 3 is 2.68 bits per heavy atom. The van der Waals surface area contributed by atoms with Crippen LogP contribution in [0.1, 0.15) is 23.6 Å². The predicted octanol–water partition coefficient (Wildman–Crippen LogP) is 5.29. The molecule has 0 aromatic heterocycles. The quantitative estimate of drug-likeness (QED) is 0.597. The van der Waals surface area contributed by atoms with Gasteiger partial charge in [0.2, 0.25) is 0 Å². The molecule has 1 aliphatic heterocycles. The normalized spacial score (nSPS) is 15.4. The fourth-order valence-corrected chi connectivity index (χ4v) is 4.00. The van der Waals surface area contributed by atoms with Crippen LogP contribution in [0.4, 0.5) is 4.79 Å². The van der Waals surface area contributed by atoms with Gasteiger partial charge in [-0.3, -0.25) is 14.5 Å². The molecule has 1 aliphatic rings. The van der Waals surface area contributed by atoms with Crippen LogP contribution in [0, 0.1) is 6.92 Å². The molecule has 7 heteroatoms. The summed E-state index contributed by atoms with van der Waals surface area (Å²) in [4.78, 5) is 26.7. The zero-order valence-corrected chi connectivity index (χ0v) is 17.4. The maximum absolute atomic E-state index is 12.7. The summed E-state index contributed by atoms with van der Waals surface area (Å²) >= 11 is 7.21. The number of rotatable bonds is 6. The van der Waals surface area contributed by atoms with Crippen molar-refractivity contribution < 1.29 is 19.1 Å². The standard InChI is InChI=1S/C21H20ClNO4S/c1-4-27-19-16(22)9-15(10-17(19)26-3)11-18-20(24)23(21(25)28-18)12-14-7-5-6-13(2)8-14/h5-11H,4,12H2,1-3H3/b18-11-. The Labute approximate surface area is 173 Å². The van der Waals surface area contributed by atoms with E-state index in [1.807, 2.05) is 38.1 Å². The average Bonchev–Trinajstić information content (AvgIpc) is 2.91. The molecule has 0 spiro atoms. The second-order valence-electron chi connectivity index (χ2n) is 6.22. The van der Waals surface area contributed by atoms with E-state index in [2.05, 4.69) is 0 Å². The van der Waals surface area contributed by atoms with E-state index in [-0.39, 0.29) is 17.7 Å². The smallest absolute Gasteiger partial charge is 0.293 e. The number of hydrogen-bond donors (Lipinski definition) is 0. The summed E-state index contributed by atoms with van der Waals surface area (Å²) in [6, 6.07) is 11.2. The van der Waals surface area contributed by atoms with Gasteiger partial charge in [0.25, 0.3) is 11.1 Å². The molecule has 2 aromatic rings. The van der Waals surface area contributed by atoms with E-state index < -0.39 is 0 Å². The molecular formula is C21H20ClNO4S. The van der Waals surface area contributed by atoms with Gasteiger partial charge in [0.1, 0.15) is 0 Å². The highest BCUT2D eigenvalue weighted by molar-refractivity contribution is 8.18. The summed E-state index contributed by atoms with van der Waals surface area (Å²) in [6.45, 7) is 4.53. The molecule has 0 saturated carbocycles. The first-order valence-corrected chi connectivity index (χ1v) is 9.93. The summed E-state index contributed by atoms with van der Waals surface area (Å²) in [5.41, 5.74) is 2.65. The van der Waals surface area contributed by atoms with Crippen molar-refractivity contribution in [3.63, 3.8) is 0 Å². The van der Waals surface area contributed by atoms with Crippen LogP contribution >= 0.6 is 23.4 Å². The molecule has 0 aliphatic carbocycles. The number of carbonyl (C=O) groups is 2. The number of ether oxygens (including phenoxy) is 2. The summed E-state index contributed by atoms with van der Waals surface area (Å²) in [7, 11) is 1.52. The van der Waals surface area contributed by atoms with E-state index in [0.717, 1.165) is 22.9 Å².